The van der Waals surface area contributed by atoms with Gasteiger partial charge in [0, 0.05) is 38.5 Å². The third kappa shape index (κ3) is 4.63. The van der Waals surface area contributed by atoms with Crippen molar-refractivity contribution in [2.75, 3.05) is 0 Å². The minimum absolute atomic E-state index is 0.113. The Hall–Kier alpha value is -7.52. The van der Waals surface area contributed by atoms with Crippen molar-refractivity contribution in [2.45, 2.75) is 57.8 Å². The number of nitrogens with zero attached hydrogens (tertiary/aromatic N) is 6. The Labute approximate surface area is 330 Å². The normalized spacial score (nSPS) is 21.2. The number of ketones is 2. The van der Waals surface area contributed by atoms with Crippen LogP contribution in [0.5, 0.6) is 0 Å². The van der Waals surface area contributed by atoms with Crippen LogP contribution in [0.4, 0.5) is 0 Å². The van der Waals surface area contributed by atoms with Crippen LogP contribution in [0.25, 0.3) is 44.1 Å². The molecule has 57 heavy (non-hydrogen) atoms. The Bertz CT molecular complexity index is 2820. The second-order valence-electron chi connectivity index (χ2n) is 16.5. The molecular formula is C49H32N6O2. The highest BCUT2D eigenvalue weighted by atomic mass is 16.1. The Morgan fingerprint density at radius 1 is 0.544 bits per heavy atom. The number of benzene rings is 4. The molecule has 0 fully saturated rings. The van der Waals surface area contributed by atoms with Crippen LogP contribution < -0.4 is 0 Å². The molecule has 0 N–H and O–H groups in total. The molecule has 0 saturated heterocycles. The lowest BCUT2D eigenvalue weighted by Crippen LogP contribution is -2.20. The second-order valence-corrected chi connectivity index (χ2v) is 16.5. The summed E-state index contributed by atoms with van der Waals surface area (Å²) in [5.41, 5.74) is 10.8. The van der Waals surface area contributed by atoms with Gasteiger partial charge in [-0.15, -0.1) is 0 Å². The number of hydrogen-bond donors (Lipinski definition) is 0. The largest absolute Gasteiger partial charge is 0.287 e. The van der Waals surface area contributed by atoms with Gasteiger partial charge in [0.15, 0.2) is 0 Å². The van der Waals surface area contributed by atoms with Crippen molar-refractivity contribution < 1.29 is 9.59 Å². The minimum Gasteiger partial charge on any atom is -0.287 e. The van der Waals surface area contributed by atoms with Gasteiger partial charge in [0.25, 0.3) is 11.4 Å². The van der Waals surface area contributed by atoms with E-state index in [2.05, 4.69) is 75.5 Å². The van der Waals surface area contributed by atoms with Gasteiger partial charge in [-0.2, -0.15) is 0 Å². The Morgan fingerprint density at radius 2 is 0.912 bits per heavy atom. The highest BCUT2D eigenvalue weighted by Gasteiger charge is 2.45. The summed E-state index contributed by atoms with van der Waals surface area (Å²) >= 11 is 0. The number of carbonyl (C=O) groups is 2. The molecule has 5 aliphatic rings. The van der Waals surface area contributed by atoms with E-state index in [-0.39, 0.29) is 50.9 Å². The molecule has 4 aromatic rings. The average molecular weight is 737 g/mol. The Balaban J connectivity index is 1.13. The number of fused-ring (bicyclic) bond motifs is 7. The number of rotatable bonds is 2. The fourth-order valence-corrected chi connectivity index (χ4v) is 9.20. The smallest absolute Gasteiger partial charge is 0.271 e. The fourth-order valence-electron chi connectivity index (χ4n) is 9.20. The van der Waals surface area contributed by atoms with E-state index >= 15 is 0 Å². The molecule has 9 rings (SSSR count). The first-order valence-corrected chi connectivity index (χ1v) is 18.5. The topological polar surface area (TPSA) is 115 Å². The lowest BCUT2D eigenvalue weighted by atomic mass is 9.78. The standard InChI is InChI=1S/C49H32N6O2/c1-47(2)35-17-25-19-39(54-43-41(37(23-50)52-7)27-13-9-11-15-29(27)45(43)56)48(3,4)33(25)21-31(35)32-22-34-26(18-36(32)47)20-40(49(34,5)6)55-44-42(38(24-51)53-8)28-14-10-12-16-30(28)46(44)57/h9-22H,1-6H3/b41-37+,42-38?,54-43?,55-44?. The Morgan fingerprint density at radius 3 is 1.26 bits per heavy atom. The van der Waals surface area contributed by atoms with E-state index in [4.69, 9.17) is 23.1 Å². The number of nitriles is 2. The van der Waals surface area contributed by atoms with E-state index in [1.54, 1.807) is 48.5 Å². The van der Waals surface area contributed by atoms with Crippen LogP contribution >= 0.6 is 0 Å². The predicted molar refractivity (Wildman–Crippen MR) is 221 cm³/mol. The predicted octanol–water partition coefficient (Wildman–Crippen LogP) is 10.2. The zero-order chi connectivity index (χ0) is 40.3. The fraction of sp³-hybridized carbons (Fsp3) is 0.184. The molecule has 8 heteroatoms. The van der Waals surface area contributed by atoms with Gasteiger partial charge < -0.3 is 0 Å². The molecule has 0 unspecified atom stereocenters. The molecule has 270 valence electrons. The molecule has 0 amide bonds. The molecule has 0 bridgehead atoms. The summed E-state index contributed by atoms with van der Waals surface area (Å²) in [5.74, 6) is -0.606. The zero-order valence-corrected chi connectivity index (χ0v) is 32.1. The van der Waals surface area contributed by atoms with Crippen molar-refractivity contribution in [1.82, 2.24) is 0 Å². The number of carbonyl (C=O) groups excluding carboxylic acids is 2. The molecule has 0 spiro atoms. The highest BCUT2D eigenvalue weighted by molar-refractivity contribution is 6.66. The van der Waals surface area contributed by atoms with Crippen LogP contribution in [-0.4, -0.2) is 23.0 Å². The molecule has 0 aromatic heterocycles. The molecule has 0 heterocycles. The summed E-state index contributed by atoms with van der Waals surface area (Å²) in [7, 11) is 0. The number of allylic oxidation sites excluding steroid dienone is 6. The first kappa shape index (κ1) is 35.2. The van der Waals surface area contributed by atoms with Crippen LogP contribution in [0.1, 0.15) is 107 Å². The third-order valence-corrected chi connectivity index (χ3v) is 12.4. The molecule has 5 aliphatic carbocycles. The molecular weight excluding hydrogens is 705 g/mol. The summed E-state index contributed by atoms with van der Waals surface area (Å²) in [6, 6.07) is 26.9. The summed E-state index contributed by atoms with van der Waals surface area (Å²) in [4.78, 5) is 44.4. The highest BCUT2D eigenvalue weighted by Crippen LogP contribution is 2.56. The van der Waals surface area contributed by atoms with Gasteiger partial charge in [0.05, 0.1) is 36.7 Å². The molecule has 4 aromatic carbocycles. The van der Waals surface area contributed by atoms with E-state index in [0.29, 0.717) is 33.6 Å². The molecule has 0 radical (unpaired) electrons. The van der Waals surface area contributed by atoms with E-state index in [0.717, 1.165) is 33.4 Å². The summed E-state index contributed by atoms with van der Waals surface area (Å²) < 4.78 is 0. The second kappa shape index (κ2) is 11.7. The van der Waals surface area contributed by atoms with E-state index < -0.39 is 10.8 Å². The van der Waals surface area contributed by atoms with E-state index in [1.807, 2.05) is 24.3 Å². The lowest BCUT2D eigenvalue weighted by Gasteiger charge is -2.25. The molecule has 0 saturated carbocycles. The maximum atomic E-state index is 13.7. The van der Waals surface area contributed by atoms with Crippen LogP contribution in [0.15, 0.2) is 106 Å². The van der Waals surface area contributed by atoms with Crippen molar-refractivity contribution >= 4 is 46.3 Å². The van der Waals surface area contributed by atoms with Gasteiger partial charge >= 0.3 is 0 Å². The molecule has 0 atom stereocenters. The quantitative estimate of drug-likeness (QED) is 0.150. The van der Waals surface area contributed by atoms with Crippen molar-refractivity contribution in [3.8, 4) is 23.3 Å². The van der Waals surface area contributed by atoms with Gasteiger partial charge in [0.1, 0.15) is 11.4 Å². The Kier molecular flexibility index (Phi) is 7.25. The molecule has 0 aliphatic heterocycles. The van der Waals surface area contributed by atoms with Crippen LogP contribution in [-0.2, 0) is 16.2 Å². The monoisotopic (exact) mass is 736 g/mol. The van der Waals surface area contributed by atoms with Crippen molar-refractivity contribution in [3.05, 3.63) is 174 Å². The lowest BCUT2D eigenvalue weighted by molar-refractivity contribution is 0.106. The van der Waals surface area contributed by atoms with Crippen molar-refractivity contribution in [2.24, 2.45) is 9.98 Å². The minimum atomic E-state index is -0.611. The summed E-state index contributed by atoms with van der Waals surface area (Å²) in [6.07, 6.45) is 4.04. The number of hydrogen-bond acceptors (Lipinski definition) is 6. The first-order valence-electron chi connectivity index (χ1n) is 18.5. The maximum absolute atomic E-state index is 13.7. The zero-order valence-electron chi connectivity index (χ0n) is 32.1. The average Bonchev–Trinajstić information content (AvgIpc) is 3.87. The molecule has 8 nitrogen and oxygen atoms in total. The number of Topliss-reactive ketones (excluding diaryl/α,β-unsaturated/α-hetero) is 2. The van der Waals surface area contributed by atoms with Crippen LogP contribution in [0, 0.1) is 35.8 Å². The van der Waals surface area contributed by atoms with Crippen LogP contribution in [0.3, 0.4) is 0 Å². The van der Waals surface area contributed by atoms with Gasteiger partial charge in [-0.3, -0.25) is 9.59 Å². The van der Waals surface area contributed by atoms with Gasteiger partial charge in [-0.05, 0) is 92.1 Å². The maximum Gasteiger partial charge on any atom is 0.271 e. The van der Waals surface area contributed by atoms with Crippen molar-refractivity contribution in [1.29, 1.82) is 10.5 Å². The van der Waals surface area contributed by atoms with E-state index in [9.17, 15) is 20.1 Å². The van der Waals surface area contributed by atoms with Crippen molar-refractivity contribution in [3.63, 3.8) is 0 Å². The summed E-state index contributed by atoms with van der Waals surface area (Å²) in [6.45, 7) is 28.1. The van der Waals surface area contributed by atoms with Gasteiger partial charge in [0.2, 0.25) is 11.6 Å². The van der Waals surface area contributed by atoms with Gasteiger partial charge in [-0.1, -0.05) is 90.1 Å². The van der Waals surface area contributed by atoms with E-state index in [1.165, 1.54) is 11.1 Å². The van der Waals surface area contributed by atoms with Gasteiger partial charge in [-0.25, -0.2) is 30.2 Å². The SMILES string of the molecule is [C-]#[N+]C(C#N)=C1C(=NC2=Cc3cc4c(cc3C2(C)C)-c2cc3c(cc2C4(C)C)C=C(N=C2C(=O)c4ccccc4/C2=C(/C#N)[N+]#[C-])C3(C)C)C(=O)c2ccccc21. The van der Waals surface area contributed by atoms with Crippen LogP contribution in [0.2, 0.25) is 0 Å². The third-order valence-electron chi connectivity index (χ3n) is 12.4. The summed E-state index contributed by atoms with van der Waals surface area (Å²) in [5, 5.41) is 19.7. The number of aliphatic imine (C=N–C) groups is 2. The first-order chi connectivity index (χ1) is 27.2.